The van der Waals surface area contributed by atoms with E-state index < -0.39 is 18.1 Å². The molecule has 168 valence electrons. The number of hydrogen-bond acceptors (Lipinski definition) is 5. The molecule has 0 bridgehead atoms. The van der Waals surface area contributed by atoms with Crippen molar-refractivity contribution < 1.29 is 23.9 Å². The van der Waals surface area contributed by atoms with Gasteiger partial charge in [-0.25, -0.2) is 4.79 Å². The zero-order valence-corrected chi connectivity index (χ0v) is 18.6. The first-order valence-electron chi connectivity index (χ1n) is 10.7. The average Bonchev–Trinajstić information content (AvgIpc) is 2.79. The van der Waals surface area contributed by atoms with Gasteiger partial charge in [0.25, 0.3) is 5.91 Å². The van der Waals surface area contributed by atoms with Gasteiger partial charge in [-0.05, 0) is 24.0 Å². The third kappa shape index (κ3) is 5.35. The van der Waals surface area contributed by atoms with Gasteiger partial charge in [-0.1, -0.05) is 74.5 Å². The first-order valence-corrected chi connectivity index (χ1v) is 10.7. The molecule has 0 spiro atoms. The lowest BCUT2D eigenvalue weighted by molar-refractivity contribution is -0.149. The number of hydrogen-bond donors (Lipinski definition) is 0. The monoisotopic (exact) mass is 436 g/mol. The number of rotatable bonds is 7. The van der Waals surface area contributed by atoms with Crippen molar-refractivity contribution >= 4 is 23.7 Å². The molecule has 0 radical (unpaired) electrons. The van der Waals surface area contributed by atoms with E-state index in [1.54, 1.807) is 13.1 Å². The predicted molar refractivity (Wildman–Crippen MR) is 120 cm³/mol. The maximum Gasteiger partial charge on any atom is 0.414 e. The van der Waals surface area contributed by atoms with E-state index in [0.717, 1.165) is 5.56 Å². The van der Waals surface area contributed by atoms with Crippen molar-refractivity contribution in [3.63, 3.8) is 0 Å². The first-order chi connectivity index (χ1) is 15.4. The van der Waals surface area contributed by atoms with Crippen LogP contribution in [-0.2, 0) is 25.7 Å². The van der Waals surface area contributed by atoms with Crippen LogP contribution in [0.2, 0.25) is 0 Å². The fourth-order valence-corrected chi connectivity index (χ4v) is 3.58. The minimum Gasteiger partial charge on any atom is -0.465 e. The molecule has 2 amide bonds. The third-order valence-corrected chi connectivity index (χ3v) is 5.08. The Bertz CT molecular complexity index is 972. The molecule has 0 N–H and O–H groups in total. The Morgan fingerprint density at radius 3 is 2.19 bits per heavy atom. The van der Waals surface area contributed by atoms with Crippen molar-refractivity contribution in [2.24, 2.45) is 5.92 Å². The number of esters is 1. The summed E-state index contributed by atoms with van der Waals surface area (Å²) in [7, 11) is 0. The molecule has 1 aliphatic rings. The largest absolute Gasteiger partial charge is 0.465 e. The molecule has 1 atom stereocenters. The molecular weight excluding hydrogens is 408 g/mol. The lowest BCUT2D eigenvalue weighted by atomic mass is 9.97. The van der Waals surface area contributed by atoms with Crippen LogP contribution in [0.4, 0.5) is 4.79 Å². The number of ether oxygens (including phenoxy) is 2. The Hall–Kier alpha value is -3.61. The number of carbonyl (C=O) groups is 3. The van der Waals surface area contributed by atoms with Gasteiger partial charge in [-0.3, -0.25) is 19.4 Å². The van der Waals surface area contributed by atoms with Crippen LogP contribution in [0.5, 0.6) is 0 Å². The number of carbonyl (C=O) groups excluding carboxylic acids is 3. The number of benzene rings is 2. The summed E-state index contributed by atoms with van der Waals surface area (Å²) in [4.78, 5) is 41.5. The van der Waals surface area contributed by atoms with E-state index in [4.69, 9.17) is 9.47 Å². The maximum atomic E-state index is 13.5. The number of amides is 2. The van der Waals surface area contributed by atoms with E-state index >= 15 is 0 Å². The lowest BCUT2D eigenvalue weighted by Crippen LogP contribution is -2.55. The molecule has 2 aromatic rings. The van der Waals surface area contributed by atoms with Crippen molar-refractivity contribution in [1.29, 1.82) is 0 Å². The van der Waals surface area contributed by atoms with E-state index in [9.17, 15) is 14.4 Å². The Kier molecular flexibility index (Phi) is 7.65. The van der Waals surface area contributed by atoms with E-state index in [1.165, 1.54) is 9.80 Å². The van der Waals surface area contributed by atoms with Crippen LogP contribution >= 0.6 is 0 Å². The molecule has 32 heavy (non-hydrogen) atoms. The normalized spacial score (nSPS) is 16.1. The van der Waals surface area contributed by atoms with E-state index in [1.807, 2.05) is 74.5 Å². The molecule has 0 saturated heterocycles. The second-order valence-electron chi connectivity index (χ2n) is 7.75. The fraction of sp³-hybridized carbons (Fsp3) is 0.320. The second-order valence-corrected chi connectivity index (χ2v) is 7.75. The summed E-state index contributed by atoms with van der Waals surface area (Å²) in [6.45, 7) is 5.50. The van der Waals surface area contributed by atoms with Gasteiger partial charge in [0, 0.05) is 6.20 Å². The molecule has 0 aliphatic carbocycles. The van der Waals surface area contributed by atoms with Gasteiger partial charge < -0.3 is 9.47 Å². The van der Waals surface area contributed by atoms with Gasteiger partial charge in [0.05, 0.1) is 12.3 Å². The number of nitrogens with zero attached hydrogens (tertiary/aromatic N) is 2. The molecule has 3 rings (SSSR count). The predicted octanol–water partition coefficient (Wildman–Crippen LogP) is 4.05. The van der Waals surface area contributed by atoms with Crippen molar-refractivity contribution in [1.82, 2.24) is 9.80 Å². The molecule has 0 saturated carbocycles. The van der Waals surface area contributed by atoms with Gasteiger partial charge in [0.1, 0.15) is 19.2 Å². The summed E-state index contributed by atoms with van der Waals surface area (Å²) in [5.41, 5.74) is 1.99. The summed E-state index contributed by atoms with van der Waals surface area (Å²) in [6.07, 6.45) is 0.971. The Morgan fingerprint density at radius 2 is 1.59 bits per heavy atom. The summed E-state index contributed by atoms with van der Waals surface area (Å²) >= 11 is 0. The molecule has 1 unspecified atom stereocenters. The fourth-order valence-electron chi connectivity index (χ4n) is 3.58. The highest BCUT2D eigenvalue weighted by molar-refractivity contribution is 5.98. The van der Waals surface area contributed by atoms with Crippen LogP contribution in [0.15, 0.2) is 66.9 Å². The zero-order chi connectivity index (χ0) is 23.1. The van der Waals surface area contributed by atoms with Crippen LogP contribution in [-0.4, -0.2) is 47.0 Å². The molecular formula is C25H28N2O5. The zero-order valence-electron chi connectivity index (χ0n) is 18.6. The molecule has 0 fully saturated rings. The van der Waals surface area contributed by atoms with Gasteiger partial charge in [0.15, 0.2) is 0 Å². The summed E-state index contributed by atoms with van der Waals surface area (Å²) in [5, 5.41) is 0. The lowest BCUT2D eigenvalue weighted by Gasteiger charge is -2.40. The van der Waals surface area contributed by atoms with Crippen molar-refractivity contribution in [3.8, 4) is 0 Å². The van der Waals surface area contributed by atoms with Crippen LogP contribution in [0.1, 0.15) is 31.9 Å². The highest BCUT2D eigenvalue weighted by atomic mass is 16.6. The molecule has 2 aromatic carbocycles. The Labute approximate surface area is 188 Å². The van der Waals surface area contributed by atoms with Gasteiger partial charge in [-0.2, -0.15) is 0 Å². The van der Waals surface area contributed by atoms with Crippen LogP contribution in [0, 0.1) is 5.92 Å². The van der Waals surface area contributed by atoms with Crippen molar-refractivity contribution in [2.75, 3.05) is 13.2 Å². The topological polar surface area (TPSA) is 76.2 Å². The average molecular weight is 437 g/mol. The molecule has 0 aromatic heterocycles. The van der Waals surface area contributed by atoms with Crippen LogP contribution in [0.3, 0.4) is 0 Å². The van der Waals surface area contributed by atoms with E-state index in [2.05, 4.69) is 0 Å². The standard InChI is InChI=1S/C25H28N2O5/c1-4-31-22(28)16-26-21(20-13-9-6-10-14-20)15-27(23(18(2)3)24(26)29)25(30)32-17-19-11-7-5-8-12-19/h5-15,18,23H,4,16-17H2,1-3H3. The van der Waals surface area contributed by atoms with E-state index in [0.29, 0.717) is 11.3 Å². The van der Waals surface area contributed by atoms with Crippen LogP contribution < -0.4 is 0 Å². The van der Waals surface area contributed by atoms with Gasteiger partial charge in [0.2, 0.25) is 0 Å². The van der Waals surface area contributed by atoms with E-state index in [-0.39, 0.29) is 31.6 Å². The molecule has 1 heterocycles. The highest BCUT2D eigenvalue weighted by Gasteiger charge is 2.41. The van der Waals surface area contributed by atoms with Crippen molar-refractivity contribution in [3.05, 3.63) is 78.0 Å². The SMILES string of the molecule is CCOC(=O)CN1C(=O)C(C(C)C)N(C(=O)OCc2ccccc2)C=C1c1ccccc1. The van der Waals surface area contributed by atoms with Gasteiger partial charge in [-0.15, -0.1) is 0 Å². The smallest absolute Gasteiger partial charge is 0.414 e. The summed E-state index contributed by atoms with van der Waals surface area (Å²) in [6, 6.07) is 17.7. The first kappa shape index (κ1) is 23.1. The van der Waals surface area contributed by atoms with Gasteiger partial charge >= 0.3 is 12.1 Å². The Balaban J connectivity index is 1.95. The van der Waals surface area contributed by atoms with Crippen LogP contribution in [0.25, 0.3) is 5.70 Å². The maximum absolute atomic E-state index is 13.5. The Morgan fingerprint density at radius 1 is 0.969 bits per heavy atom. The highest BCUT2D eigenvalue weighted by Crippen LogP contribution is 2.30. The third-order valence-electron chi connectivity index (χ3n) is 5.08. The molecule has 7 nitrogen and oxygen atoms in total. The molecule has 7 heteroatoms. The second kappa shape index (κ2) is 10.6. The minimum absolute atomic E-state index is 0.0935. The van der Waals surface area contributed by atoms with Crippen molar-refractivity contribution in [2.45, 2.75) is 33.4 Å². The quantitative estimate of drug-likeness (QED) is 0.612. The summed E-state index contributed by atoms with van der Waals surface area (Å²) < 4.78 is 10.6. The summed E-state index contributed by atoms with van der Waals surface area (Å²) in [5.74, 6) is -1.07. The molecule has 1 aliphatic heterocycles. The minimum atomic E-state index is -0.805.